The fourth-order valence-electron chi connectivity index (χ4n) is 1.79. The number of aliphatic carboxylic acids is 1. The van der Waals surface area contributed by atoms with Crippen LogP contribution in [0, 0.1) is 5.92 Å². The van der Waals surface area contributed by atoms with Crippen LogP contribution in [0.3, 0.4) is 0 Å². The molecular weight excluding hydrogens is 236 g/mol. The van der Waals surface area contributed by atoms with E-state index < -0.39 is 11.9 Å². The Labute approximate surface area is 103 Å². The van der Waals surface area contributed by atoms with E-state index >= 15 is 0 Å². The van der Waals surface area contributed by atoms with Gasteiger partial charge in [0.15, 0.2) is 5.78 Å². The number of fused-ring (bicyclic) bond motifs is 1. The highest BCUT2D eigenvalue weighted by Crippen LogP contribution is 2.12. The number of hydrogen-bond donors (Lipinski definition) is 1. The summed E-state index contributed by atoms with van der Waals surface area (Å²) in [5.74, 6) is -1.60. The van der Waals surface area contributed by atoms with Gasteiger partial charge in [0.1, 0.15) is 0 Å². The van der Waals surface area contributed by atoms with Gasteiger partial charge in [-0.1, -0.05) is 19.1 Å². The average Bonchev–Trinajstić information content (AvgIpc) is 2.72. The van der Waals surface area contributed by atoms with Crippen molar-refractivity contribution in [2.45, 2.75) is 26.2 Å². The molecule has 90 valence electrons. The second-order valence-corrected chi connectivity index (χ2v) is 5.37. The van der Waals surface area contributed by atoms with E-state index in [1.165, 1.54) is 11.3 Å². The van der Waals surface area contributed by atoms with Crippen LogP contribution in [0.1, 0.15) is 35.9 Å². The quantitative estimate of drug-likeness (QED) is 0.822. The minimum atomic E-state index is -0.919. The molecule has 1 unspecified atom stereocenters. The maximum absolute atomic E-state index is 11.9. The standard InChI is InChI=1S/C13H14O3S/c1-8(13(15)16)6-10(14)12-7-9-4-2-3-5-11(9)17-12/h4-5,7-8H,2-3,6H2,1H3,(H,15,16). The smallest absolute Gasteiger partial charge is 0.306 e. The fourth-order valence-corrected chi connectivity index (χ4v) is 2.88. The van der Waals surface area contributed by atoms with Gasteiger partial charge < -0.3 is 5.11 Å². The topological polar surface area (TPSA) is 54.4 Å². The minimum Gasteiger partial charge on any atom is -0.481 e. The van der Waals surface area contributed by atoms with Gasteiger partial charge >= 0.3 is 5.97 Å². The summed E-state index contributed by atoms with van der Waals surface area (Å²) >= 11 is 1.47. The molecule has 0 amide bonds. The van der Waals surface area contributed by atoms with E-state index in [2.05, 4.69) is 12.2 Å². The SMILES string of the molecule is CC(CC(=O)c1cc2c(s1)=CCCC=2)C(=O)O. The van der Waals surface area contributed by atoms with E-state index in [1.807, 2.05) is 6.07 Å². The van der Waals surface area contributed by atoms with Crippen molar-refractivity contribution in [2.75, 3.05) is 0 Å². The Morgan fingerprint density at radius 3 is 2.76 bits per heavy atom. The molecule has 0 spiro atoms. The summed E-state index contributed by atoms with van der Waals surface area (Å²) in [6.45, 7) is 1.56. The maximum atomic E-state index is 11.9. The van der Waals surface area contributed by atoms with Gasteiger partial charge in [-0.2, -0.15) is 0 Å². The fraction of sp³-hybridized carbons (Fsp3) is 0.385. The molecule has 0 saturated heterocycles. The molecule has 4 heteroatoms. The van der Waals surface area contributed by atoms with Crippen LogP contribution in [-0.4, -0.2) is 16.9 Å². The summed E-state index contributed by atoms with van der Waals surface area (Å²) in [5.41, 5.74) is 0. The van der Waals surface area contributed by atoms with E-state index in [0.29, 0.717) is 4.88 Å². The highest BCUT2D eigenvalue weighted by molar-refractivity contribution is 7.12. The Morgan fingerprint density at radius 2 is 2.12 bits per heavy atom. The first-order chi connectivity index (χ1) is 8.08. The summed E-state index contributed by atoms with van der Waals surface area (Å²) in [6.07, 6.45) is 6.38. The van der Waals surface area contributed by atoms with Crippen LogP contribution < -0.4 is 9.75 Å². The maximum Gasteiger partial charge on any atom is 0.306 e. The van der Waals surface area contributed by atoms with Gasteiger partial charge in [0, 0.05) is 11.0 Å². The Morgan fingerprint density at radius 1 is 1.41 bits per heavy atom. The molecule has 1 atom stereocenters. The molecule has 0 saturated carbocycles. The molecule has 1 aromatic heterocycles. The van der Waals surface area contributed by atoms with E-state index in [1.54, 1.807) is 6.92 Å². The van der Waals surface area contributed by atoms with Crippen LogP contribution in [0.2, 0.25) is 0 Å². The van der Waals surface area contributed by atoms with Crippen molar-refractivity contribution in [3.05, 3.63) is 20.7 Å². The first-order valence-corrected chi connectivity index (χ1v) is 6.46. The highest BCUT2D eigenvalue weighted by atomic mass is 32.1. The minimum absolute atomic E-state index is 0.0684. The van der Waals surface area contributed by atoms with Crippen molar-refractivity contribution < 1.29 is 14.7 Å². The lowest BCUT2D eigenvalue weighted by Gasteiger charge is -2.02. The number of Topliss-reactive ketones (excluding diaryl/α,β-unsaturated/α-hetero) is 1. The third kappa shape index (κ3) is 2.64. The average molecular weight is 250 g/mol. The number of carbonyl (C=O) groups excluding carboxylic acids is 1. The van der Waals surface area contributed by atoms with E-state index in [4.69, 9.17) is 5.11 Å². The number of carboxylic acids is 1. The molecule has 1 heterocycles. The van der Waals surface area contributed by atoms with Crippen LogP contribution in [0.4, 0.5) is 0 Å². The van der Waals surface area contributed by atoms with Gasteiger partial charge in [0.25, 0.3) is 0 Å². The molecule has 0 radical (unpaired) electrons. The number of carbonyl (C=O) groups is 2. The first kappa shape index (κ1) is 12.0. The van der Waals surface area contributed by atoms with Crippen molar-refractivity contribution in [2.24, 2.45) is 5.92 Å². The molecule has 0 fully saturated rings. The molecule has 3 nitrogen and oxygen atoms in total. The summed E-state index contributed by atoms with van der Waals surface area (Å²) < 4.78 is 1.14. The van der Waals surface area contributed by atoms with Crippen molar-refractivity contribution >= 4 is 35.2 Å². The zero-order valence-electron chi connectivity index (χ0n) is 9.60. The Hall–Kier alpha value is -1.42. The number of ketones is 1. The molecule has 1 aliphatic carbocycles. The first-order valence-electron chi connectivity index (χ1n) is 5.64. The zero-order valence-corrected chi connectivity index (χ0v) is 10.4. The lowest BCUT2D eigenvalue weighted by Crippen LogP contribution is -2.19. The number of thiophene rings is 1. The molecule has 1 N–H and O–H groups in total. The Kier molecular flexibility index (Phi) is 3.43. The van der Waals surface area contributed by atoms with Crippen LogP contribution in [0.5, 0.6) is 0 Å². The second kappa shape index (κ2) is 4.84. The van der Waals surface area contributed by atoms with Crippen LogP contribution >= 0.6 is 11.3 Å². The summed E-state index contributed by atoms with van der Waals surface area (Å²) in [7, 11) is 0. The van der Waals surface area contributed by atoms with Crippen molar-refractivity contribution in [1.29, 1.82) is 0 Å². The van der Waals surface area contributed by atoms with Gasteiger partial charge in [-0.25, -0.2) is 0 Å². The highest BCUT2D eigenvalue weighted by Gasteiger charge is 2.18. The van der Waals surface area contributed by atoms with Crippen molar-refractivity contribution in [1.82, 2.24) is 0 Å². The molecule has 0 aliphatic heterocycles. The third-order valence-corrected chi connectivity index (χ3v) is 4.03. The molecule has 0 aromatic carbocycles. The summed E-state index contributed by atoms with van der Waals surface area (Å²) in [6, 6.07) is 1.88. The molecule has 1 aromatic rings. The molecular formula is C13H14O3S. The molecule has 1 aliphatic rings. The van der Waals surface area contributed by atoms with Crippen molar-refractivity contribution in [3.63, 3.8) is 0 Å². The van der Waals surface area contributed by atoms with Gasteiger partial charge in [0.2, 0.25) is 0 Å². The van der Waals surface area contributed by atoms with E-state index in [0.717, 1.165) is 22.6 Å². The van der Waals surface area contributed by atoms with E-state index in [-0.39, 0.29) is 12.2 Å². The van der Waals surface area contributed by atoms with Gasteiger partial charge in [-0.15, -0.1) is 11.3 Å². The van der Waals surface area contributed by atoms with Crippen molar-refractivity contribution in [3.8, 4) is 0 Å². The number of hydrogen-bond acceptors (Lipinski definition) is 3. The third-order valence-electron chi connectivity index (χ3n) is 2.84. The summed E-state index contributed by atoms with van der Waals surface area (Å²) in [4.78, 5) is 23.3. The predicted octanol–water partition coefficient (Wildman–Crippen LogP) is 1.40. The summed E-state index contributed by atoms with van der Waals surface area (Å²) in [5, 5.41) is 9.90. The zero-order chi connectivity index (χ0) is 12.4. The predicted molar refractivity (Wildman–Crippen MR) is 67.5 cm³/mol. The number of rotatable bonds is 4. The van der Waals surface area contributed by atoms with Gasteiger partial charge in [0.05, 0.1) is 10.8 Å². The lowest BCUT2D eigenvalue weighted by molar-refractivity contribution is -0.141. The Bertz CT molecular complexity index is 534. The van der Waals surface area contributed by atoms with E-state index in [9.17, 15) is 9.59 Å². The monoisotopic (exact) mass is 250 g/mol. The largest absolute Gasteiger partial charge is 0.481 e. The Balaban J connectivity index is 2.21. The van der Waals surface area contributed by atoms with Gasteiger partial charge in [-0.05, 0) is 24.1 Å². The molecule has 17 heavy (non-hydrogen) atoms. The van der Waals surface area contributed by atoms with Gasteiger partial charge in [-0.3, -0.25) is 9.59 Å². The second-order valence-electron chi connectivity index (χ2n) is 4.28. The van der Waals surface area contributed by atoms with Crippen LogP contribution in [-0.2, 0) is 4.79 Å². The molecule has 2 rings (SSSR count). The molecule has 0 bridgehead atoms. The van der Waals surface area contributed by atoms with Crippen LogP contribution in [0.15, 0.2) is 6.07 Å². The normalized spacial score (nSPS) is 15.4. The van der Waals surface area contributed by atoms with Crippen LogP contribution in [0.25, 0.3) is 12.2 Å². The number of carboxylic acid groups (broad SMARTS) is 1. The lowest BCUT2D eigenvalue weighted by atomic mass is 10.0.